The maximum absolute atomic E-state index is 11.9. The van der Waals surface area contributed by atoms with Crippen LogP contribution >= 0.6 is 0 Å². The molecule has 0 radical (unpaired) electrons. The standard InChI is InChI=1S/C16H24N2O/c1-3-13(2)16(19)17-12-14-8-4-5-9-15(14)18-10-6-7-11-18/h4-5,8-9,13H,3,6-7,10-12H2,1-2H3,(H,17,19). The van der Waals surface area contributed by atoms with Crippen molar-refractivity contribution in [3.8, 4) is 0 Å². The van der Waals surface area contributed by atoms with E-state index in [0.717, 1.165) is 19.5 Å². The molecule has 104 valence electrons. The third kappa shape index (κ3) is 3.49. The Hall–Kier alpha value is -1.51. The summed E-state index contributed by atoms with van der Waals surface area (Å²) < 4.78 is 0. The van der Waals surface area contributed by atoms with Gasteiger partial charge in [0.05, 0.1) is 0 Å². The molecule has 3 heteroatoms. The van der Waals surface area contributed by atoms with Gasteiger partial charge in [0.25, 0.3) is 0 Å². The molecule has 1 aliphatic heterocycles. The van der Waals surface area contributed by atoms with Crippen LogP contribution in [0.5, 0.6) is 0 Å². The number of hydrogen-bond donors (Lipinski definition) is 1. The second kappa shape index (κ2) is 6.60. The van der Waals surface area contributed by atoms with Crippen molar-refractivity contribution in [2.45, 2.75) is 39.7 Å². The number of carbonyl (C=O) groups excluding carboxylic acids is 1. The molecule has 1 fully saturated rings. The van der Waals surface area contributed by atoms with Crippen molar-refractivity contribution < 1.29 is 4.79 Å². The normalized spacial score (nSPS) is 16.4. The summed E-state index contributed by atoms with van der Waals surface area (Å²) in [4.78, 5) is 14.3. The number of nitrogens with zero attached hydrogens (tertiary/aromatic N) is 1. The highest BCUT2D eigenvalue weighted by Gasteiger charge is 2.16. The average molecular weight is 260 g/mol. The molecule has 3 nitrogen and oxygen atoms in total. The van der Waals surface area contributed by atoms with Crippen LogP contribution in [0.4, 0.5) is 5.69 Å². The van der Waals surface area contributed by atoms with E-state index in [1.54, 1.807) is 0 Å². The van der Waals surface area contributed by atoms with E-state index in [1.807, 2.05) is 19.9 Å². The van der Waals surface area contributed by atoms with E-state index in [2.05, 4.69) is 28.4 Å². The molecule has 1 aromatic rings. The first-order valence-corrected chi connectivity index (χ1v) is 7.33. The topological polar surface area (TPSA) is 32.3 Å². The lowest BCUT2D eigenvalue weighted by Gasteiger charge is -2.21. The average Bonchev–Trinajstić information content (AvgIpc) is 2.98. The van der Waals surface area contributed by atoms with Gasteiger partial charge in [0.1, 0.15) is 0 Å². The largest absolute Gasteiger partial charge is 0.371 e. The highest BCUT2D eigenvalue weighted by atomic mass is 16.1. The molecule has 0 aliphatic carbocycles. The van der Waals surface area contributed by atoms with E-state index in [1.165, 1.54) is 24.1 Å². The fourth-order valence-electron chi connectivity index (χ4n) is 2.47. The van der Waals surface area contributed by atoms with Crippen molar-refractivity contribution in [2.75, 3.05) is 18.0 Å². The van der Waals surface area contributed by atoms with Crippen molar-refractivity contribution in [3.63, 3.8) is 0 Å². The SMILES string of the molecule is CCC(C)C(=O)NCc1ccccc1N1CCCC1. The van der Waals surface area contributed by atoms with Crippen molar-refractivity contribution in [2.24, 2.45) is 5.92 Å². The summed E-state index contributed by atoms with van der Waals surface area (Å²) in [7, 11) is 0. The number of nitrogens with one attached hydrogen (secondary N) is 1. The minimum atomic E-state index is 0.0962. The zero-order chi connectivity index (χ0) is 13.7. The molecule has 2 rings (SSSR count). The summed E-state index contributed by atoms with van der Waals surface area (Å²) in [6.07, 6.45) is 3.43. The van der Waals surface area contributed by atoms with E-state index in [-0.39, 0.29) is 11.8 Å². The van der Waals surface area contributed by atoms with Gasteiger partial charge in [-0.25, -0.2) is 0 Å². The highest BCUT2D eigenvalue weighted by molar-refractivity contribution is 5.78. The first-order chi connectivity index (χ1) is 9.22. The molecule has 0 aromatic heterocycles. The minimum absolute atomic E-state index is 0.0962. The number of hydrogen-bond acceptors (Lipinski definition) is 2. The molecule has 1 amide bonds. The summed E-state index contributed by atoms with van der Waals surface area (Å²) in [5.74, 6) is 0.248. The molecule has 19 heavy (non-hydrogen) atoms. The van der Waals surface area contributed by atoms with Crippen LogP contribution in [-0.2, 0) is 11.3 Å². The zero-order valence-electron chi connectivity index (χ0n) is 12.0. The van der Waals surface area contributed by atoms with Gasteiger partial charge in [-0.15, -0.1) is 0 Å². The van der Waals surface area contributed by atoms with Gasteiger partial charge in [0.2, 0.25) is 5.91 Å². The second-order valence-corrected chi connectivity index (χ2v) is 5.35. The Bertz CT molecular complexity index is 425. The van der Waals surface area contributed by atoms with Gasteiger partial charge in [-0.3, -0.25) is 4.79 Å². The van der Waals surface area contributed by atoms with Gasteiger partial charge in [0, 0.05) is 31.2 Å². The van der Waals surface area contributed by atoms with E-state index < -0.39 is 0 Å². The van der Waals surface area contributed by atoms with Crippen molar-refractivity contribution in [1.29, 1.82) is 0 Å². The second-order valence-electron chi connectivity index (χ2n) is 5.35. The molecule has 1 heterocycles. The third-order valence-electron chi connectivity index (χ3n) is 3.95. The highest BCUT2D eigenvalue weighted by Crippen LogP contribution is 2.24. The van der Waals surface area contributed by atoms with Gasteiger partial charge in [-0.1, -0.05) is 32.0 Å². The number of benzene rings is 1. The predicted molar refractivity (Wildman–Crippen MR) is 79.2 cm³/mol. The molecule has 0 bridgehead atoms. The summed E-state index contributed by atoms with van der Waals surface area (Å²) in [5, 5.41) is 3.05. The number of para-hydroxylation sites is 1. The van der Waals surface area contributed by atoms with Gasteiger partial charge < -0.3 is 10.2 Å². The molecular formula is C16H24N2O. The van der Waals surface area contributed by atoms with Crippen LogP contribution in [0, 0.1) is 5.92 Å². The van der Waals surface area contributed by atoms with Crippen LogP contribution in [0.2, 0.25) is 0 Å². The summed E-state index contributed by atoms with van der Waals surface area (Å²) in [6, 6.07) is 8.40. The monoisotopic (exact) mass is 260 g/mol. The van der Waals surface area contributed by atoms with E-state index >= 15 is 0 Å². The number of amides is 1. The van der Waals surface area contributed by atoms with Crippen molar-refractivity contribution in [3.05, 3.63) is 29.8 Å². The van der Waals surface area contributed by atoms with Crippen LogP contribution < -0.4 is 10.2 Å². The molecular weight excluding hydrogens is 236 g/mol. The van der Waals surface area contributed by atoms with Crippen LogP contribution in [0.25, 0.3) is 0 Å². The lowest BCUT2D eigenvalue weighted by molar-refractivity contribution is -0.124. The first-order valence-electron chi connectivity index (χ1n) is 7.33. The van der Waals surface area contributed by atoms with Crippen molar-refractivity contribution >= 4 is 11.6 Å². The van der Waals surface area contributed by atoms with Gasteiger partial charge in [-0.2, -0.15) is 0 Å². The van der Waals surface area contributed by atoms with Crippen LogP contribution in [0.3, 0.4) is 0 Å². The van der Waals surface area contributed by atoms with Crippen LogP contribution in [0.15, 0.2) is 24.3 Å². The van der Waals surface area contributed by atoms with Crippen LogP contribution in [0.1, 0.15) is 38.7 Å². The summed E-state index contributed by atoms with van der Waals surface area (Å²) in [6.45, 7) is 6.92. The molecule has 0 spiro atoms. The van der Waals surface area contributed by atoms with Crippen molar-refractivity contribution in [1.82, 2.24) is 5.32 Å². The third-order valence-corrected chi connectivity index (χ3v) is 3.95. The fraction of sp³-hybridized carbons (Fsp3) is 0.562. The number of rotatable bonds is 5. The molecule has 1 saturated heterocycles. The Balaban J connectivity index is 2.01. The Morgan fingerprint density at radius 3 is 2.68 bits per heavy atom. The van der Waals surface area contributed by atoms with Gasteiger partial charge in [0.15, 0.2) is 0 Å². The maximum atomic E-state index is 11.9. The maximum Gasteiger partial charge on any atom is 0.223 e. The van der Waals surface area contributed by atoms with E-state index in [0.29, 0.717) is 6.54 Å². The summed E-state index contributed by atoms with van der Waals surface area (Å²) in [5.41, 5.74) is 2.51. The molecule has 1 unspecified atom stereocenters. The van der Waals surface area contributed by atoms with E-state index in [4.69, 9.17) is 0 Å². The Kier molecular flexibility index (Phi) is 4.83. The van der Waals surface area contributed by atoms with Crippen LogP contribution in [-0.4, -0.2) is 19.0 Å². The molecule has 1 aliphatic rings. The van der Waals surface area contributed by atoms with Gasteiger partial charge >= 0.3 is 0 Å². The molecule has 0 saturated carbocycles. The molecule has 1 N–H and O–H groups in total. The number of anilines is 1. The van der Waals surface area contributed by atoms with Gasteiger partial charge in [-0.05, 0) is 30.9 Å². The minimum Gasteiger partial charge on any atom is -0.371 e. The zero-order valence-corrected chi connectivity index (χ0v) is 12.0. The molecule has 1 atom stereocenters. The van der Waals surface area contributed by atoms with E-state index in [9.17, 15) is 4.79 Å². The summed E-state index contributed by atoms with van der Waals surface area (Å²) >= 11 is 0. The lowest BCUT2D eigenvalue weighted by atomic mass is 10.1. The predicted octanol–water partition coefficient (Wildman–Crippen LogP) is 2.95. The molecule has 1 aromatic carbocycles. The lowest BCUT2D eigenvalue weighted by Crippen LogP contribution is -2.29. The smallest absolute Gasteiger partial charge is 0.223 e. The Labute approximate surface area is 116 Å². The number of carbonyl (C=O) groups is 1. The Morgan fingerprint density at radius 1 is 1.32 bits per heavy atom. The fourth-order valence-corrected chi connectivity index (χ4v) is 2.47. The Morgan fingerprint density at radius 2 is 2.00 bits per heavy atom. The quantitative estimate of drug-likeness (QED) is 0.883. The first kappa shape index (κ1) is 13.9.